The second kappa shape index (κ2) is 9.41. The summed E-state index contributed by atoms with van der Waals surface area (Å²) in [5.74, 6) is 0. The Bertz CT molecular complexity index is 1030. The van der Waals surface area contributed by atoms with Gasteiger partial charge in [0, 0.05) is 41.0 Å². The summed E-state index contributed by atoms with van der Waals surface area (Å²) in [4.78, 5) is 5.20. The fourth-order valence-electron chi connectivity index (χ4n) is 5.85. The average Bonchev–Trinajstić information content (AvgIpc) is 3.16. The smallest absolute Gasteiger partial charge is 0.0568 e. The molecule has 2 aliphatic heterocycles. The predicted molar refractivity (Wildman–Crippen MR) is 144 cm³/mol. The first-order valence-electron chi connectivity index (χ1n) is 13.0. The number of hydrogen-bond acceptors (Lipinski definition) is 2. The summed E-state index contributed by atoms with van der Waals surface area (Å²) >= 11 is 0. The summed E-state index contributed by atoms with van der Waals surface area (Å²) in [6.45, 7) is 16.3. The Morgan fingerprint density at radius 2 is 1.39 bits per heavy atom. The first-order chi connectivity index (χ1) is 15.8. The van der Waals surface area contributed by atoms with E-state index in [2.05, 4.69) is 118 Å². The Kier molecular flexibility index (Phi) is 6.75. The summed E-state index contributed by atoms with van der Waals surface area (Å²) in [6, 6.07) is 18.3. The zero-order valence-corrected chi connectivity index (χ0v) is 21.6. The number of rotatable bonds is 8. The number of nitrogens with zero attached hydrogens (tertiary/aromatic N) is 2. The summed E-state index contributed by atoms with van der Waals surface area (Å²) < 4.78 is 0. The second-order valence-corrected chi connectivity index (χ2v) is 10.8. The Labute approximate surface area is 202 Å². The number of benzene rings is 2. The third-order valence-corrected chi connectivity index (χ3v) is 7.82. The van der Waals surface area contributed by atoms with Gasteiger partial charge < -0.3 is 9.80 Å². The van der Waals surface area contributed by atoms with E-state index in [4.69, 9.17) is 0 Å². The quantitative estimate of drug-likeness (QED) is 0.409. The van der Waals surface area contributed by atoms with Gasteiger partial charge in [0.2, 0.25) is 0 Å². The molecule has 0 spiro atoms. The van der Waals surface area contributed by atoms with Crippen LogP contribution in [0.3, 0.4) is 0 Å². The number of allylic oxidation sites excluding steroid dienone is 3. The lowest BCUT2D eigenvalue weighted by molar-refractivity contribution is 0.471. The lowest BCUT2D eigenvalue weighted by Gasteiger charge is -2.32. The summed E-state index contributed by atoms with van der Waals surface area (Å²) in [5.41, 5.74) is 7.24. The van der Waals surface area contributed by atoms with Crippen LogP contribution in [-0.4, -0.2) is 19.1 Å². The van der Waals surface area contributed by atoms with Crippen molar-refractivity contribution in [3.8, 4) is 0 Å². The van der Waals surface area contributed by atoms with Crippen molar-refractivity contribution < 1.29 is 0 Å². The van der Waals surface area contributed by atoms with Gasteiger partial charge in [0.15, 0.2) is 0 Å². The maximum atomic E-state index is 2.64. The molecule has 2 aliphatic rings. The third-order valence-electron chi connectivity index (χ3n) is 7.82. The molecule has 1 atom stereocenters. The molecule has 2 nitrogen and oxygen atoms in total. The molecule has 2 aromatic carbocycles. The van der Waals surface area contributed by atoms with Gasteiger partial charge >= 0.3 is 0 Å². The van der Waals surface area contributed by atoms with Crippen molar-refractivity contribution in [2.24, 2.45) is 0 Å². The van der Waals surface area contributed by atoms with Crippen LogP contribution in [0.15, 0.2) is 72.5 Å². The predicted octanol–water partition coefficient (Wildman–Crippen LogP) is 7.99. The van der Waals surface area contributed by atoms with Crippen molar-refractivity contribution in [3.63, 3.8) is 0 Å². The fraction of sp³-hybridized carbons (Fsp3) is 0.484. The van der Waals surface area contributed by atoms with E-state index in [0.717, 1.165) is 13.1 Å². The highest BCUT2D eigenvalue weighted by atomic mass is 15.2. The van der Waals surface area contributed by atoms with E-state index in [9.17, 15) is 0 Å². The maximum absolute atomic E-state index is 2.64. The number of unbranched alkanes of at least 4 members (excludes halogenated alkanes) is 2. The minimum atomic E-state index is 0.0186. The van der Waals surface area contributed by atoms with Crippen molar-refractivity contribution in [1.29, 1.82) is 0 Å². The number of para-hydroxylation sites is 2. The minimum absolute atomic E-state index is 0.0186. The van der Waals surface area contributed by atoms with Gasteiger partial charge in [0.25, 0.3) is 0 Å². The number of hydrogen-bond donors (Lipinski definition) is 0. The van der Waals surface area contributed by atoms with Crippen LogP contribution in [0.1, 0.15) is 78.4 Å². The monoisotopic (exact) mass is 442 g/mol. The highest BCUT2D eigenvalue weighted by molar-refractivity contribution is 5.71. The van der Waals surface area contributed by atoms with Crippen molar-refractivity contribution >= 4 is 11.4 Å². The van der Waals surface area contributed by atoms with Crippen molar-refractivity contribution in [2.75, 3.05) is 22.9 Å². The normalized spacial score (nSPS) is 21.8. The van der Waals surface area contributed by atoms with Crippen LogP contribution in [0, 0.1) is 0 Å². The van der Waals surface area contributed by atoms with Crippen LogP contribution in [-0.2, 0) is 10.8 Å². The molecule has 0 N–H and O–H groups in total. The molecule has 0 saturated carbocycles. The molecule has 176 valence electrons. The molecule has 4 rings (SSSR count). The van der Waals surface area contributed by atoms with Crippen molar-refractivity contribution in [3.05, 3.63) is 83.6 Å². The standard InChI is InChI=1S/C31H42N2/c1-7-9-22-32-26-18-13-11-16-24(26)30(3,4)28(32)20-15-21-29-31(5,6)25-17-12-14-19-27(25)33(29)23-10-8-2/h11-21,28H,7-10,22-23H2,1-6H3. The first-order valence-corrected chi connectivity index (χ1v) is 13.0. The van der Waals surface area contributed by atoms with Gasteiger partial charge in [-0.1, -0.05) is 103 Å². The SMILES string of the molecule is CCCCN1C(=CC=CC2N(CCCC)c3ccccc3C2(C)C)C(C)(C)c2ccccc21. The first kappa shape index (κ1) is 23.7. The molecule has 2 heterocycles. The van der Waals surface area contributed by atoms with Gasteiger partial charge in [0.05, 0.1) is 6.04 Å². The van der Waals surface area contributed by atoms with Gasteiger partial charge in [-0.3, -0.25) is 0 Å². The van der Waals surface area contributed by atoms with E-state index in [1.165, 1.54) is 53.9 Å². The van der Waals surface area contributed by atoms with Crippen molar-refractivity contribution in [2.45, 2.75) is 84.1 Å². The van der Waals surface area contributed by atoms with Gasteiger partial charge in [-0.15, -0.1) is 0 Å². The molecule has 2 aromatic rings. The van der Waals surface area contributed by atoms with Gasteiger partial charge in [-0.25, -0.2) is 0 Å². The summed E-state index contributed by atoms with van der Waals surface area (Å²) in [5, 5.41) is 0. The molecule has 2 heteroatoms. The van der Waals surface area contributed by atoms with E-state index >= 15 is 0 Å². The van der Waals surface area contributed by atoms with Crippen LogP contribution >= 0.6 is 0 Å². The molecule has 1 unspecified atom stereocenters. The molecular weight excluding hydrogens is 400 g/mol. The Morgan fingerprint density at radius 3 is 2.09 bits per heavy atom. The van der Waals surface area contributed by atoms with Gasteiger partial charge in [-0.2, -0.15) is 0 Å². The Balaban J connectivity index is 1.68. The van der Waals surface area contributed by atoms with Crippen LogP contribution in [0.4, 0.5) is 11.4 Å². The maximum Gasteiger partial charge on any atom is 0.0568 e. The van der Waals surface area contributed by atoms with Gasteiger partial charge in [-0.05, 0) is 42.2 Å². The summed E-state index contributed by atoms with van der Waals surface area (Å²) in [6.07, 6.45) is 12.1. The Hall–Kier alpha value is -2.48. The number of anilines is 2. The average molecular weight is 443 g/mol. The highest BCUT2D eigenvalue weighted by Gasteiger charge is 2.43. The molecule has 0 saturated heterocycles. The Morgan fingerprint density at radius 1 is 0.788 bits per heavy atom. The second-order valence-electron chi connectivity index (χ2n) is 10.8. The van der Waals surface area contributed by atoms with E-state index in [-0.39, 0.29) is 10.8 Å². The van der Waals surface area contributed by atoms with Crippen molar-refractivity contribution in [1.82, 2.24) is 0 Å². The largest absolute Gasteiger partial charge is 0.364 e. The fourth-order valence-corrected chi connectivity index (χ4v) is 5.85. The van der Waals surface area contributed by atoms with Crippen LogP contribution in [0.25, 0.3) is 0 Å². The van der Waals surface area contributed by atoms with E-state index in [1.54, 1.807) is 0 Å². The highest BCUT2D eigenvalue weighted by Crippen LogP contribution is 2.48. The summed E-state index contributed by atoms with van der Waals surface area (Å²) in [7, 11) is 0. The molecular formula is C31H42N2. The molecule has 33 heavy (non-hydrogen) atoms. The van der Waals surface area contributed by atoms with E-state index in [1.807, 2.05) is 0 Å². The molecule has 0 aromatic heterocycles. The lowest BCUT2D eigenvalue weighted by atomic mass is 9.80. The van der Waals surface area contributed by atoms with E-state index in [0.29, 0.717) is 6.04 Å². The van der Waals surface area contributed by atoms with Gasteiger partial charge in [0.1, 0.15) is 0 Å². The zero-order valence-electron chi connectivity index (χ0n) is 21.6. The van der Waals surface area contributed by atoms with E-state index < -0.39 is 0 Å². The minimum Gasteiger partial charge on any atom is -0.364 e. The number of fused-ring (bicyclic) bond motifs is 2. The topological polar surface area (TPSA) is 6.48 Å². The molecule has 0 amide bonds. The lowest BCUT2D eigenvalue weighted by Crippen LogP contribution is -2.40. The molecule has 0 aliphatic carbocycles. The zero-order chi connectivity index (χ0) is 23.6. The third kappa shape index (κ3) is 4.14. The van der Waals surface area contributed by atoms with Crippen LogP contribution in [0.2, 0.25) is 0 Å². The van der Waals surface area contributed by atoms with Crippen LogP contribution < -0.4 is 9.80 Å². The van der Waals surface area contributed by atoms with Crippen LogP contribution in [0.5, 0.6) is 0 Å². The molecule has 0 radical (unpaired) electrons. The molecule has 0 bridgehead atoms. The molecule has 0 fully saturated rings.